The first-order chi connectivity index (χ1) is 36.5. The lowest BCUT2D eigenvalue weighted by atomic mass is 10.0. The van der Waals surface area contributed by atoms with Crippen molar-refractivity contribution in [2.24, 2.45) is 0 Å². The third kappa shape index (κ3) is 59.3. The van der Waals surface area contributed by atoms with E-state index in [0.29, 0.717) is 19.4 Å². The molecule has 0 aliphatic heterocycles. The Kier molecular flexibility index (Phi) is 62.0. The first kappa shape index (κ1) is 72.1. The summed E-state index contributed by atoms with van der Waals surface area (Å²) in [6.45, 7) is 4.90. The molecule has 0 saturated heterocycles. The van der Waals surface area contributed by atoms with Gasteiger partial charge in [0, 0.05) is 12.8 Å². The molecule has 2 unspecified atom stereocenters. The molecule has 3 N–H and O–H groups in total. The van der Waals surface area contributed by atoms with E-state index in [2.05, 4.69) is 43.5 Å². The smallest absolute Gasteiger partial charge is 0.305 e. The maximum Gasteiger partial charge on any atom is 0.305 e. The highest BCUT2D eigenvalue weighted by atomic mass is 16.5. The first-order valence-electron chi connectivity index (χ1n) is 33.3. The van der Waals surface area contributed by atoms with Gasteiger partial charge in [-0.15, -0.1) is 0 Å². The van der Waals surface area contributed by atoms with E-state index in [1.807, 2.05) is 6.08 Å². The number of hydrogen-bond acceptors (Lipinski definition) is 5. The van der Waals surface area contributed by atoms with Crippen LogP contribution >= 0.6 is 0 Å². The number of aliphatic hydroxyl groups is 2. The zero-order valence-corrected chi connectivity index (χ0v) is 49.8. The Bertz CT molecular complexity index is 1200. The average molecular weight is 1040 g/mol. The summed E-state index contributed by atoms with van der Waals surface area (Å²) >= 11 is 0. The summed E-state index contributed by atoms with van der Waals surface area (Å²) in [4.78, 5) is 24.6. The van der Waals surface area contributed by atoms with E-state index in [1.165, 1.54) is 283 Å². The second-order valence-corrected chi connectivity index (χ2v) is 22.8. The summed E-state index contributed by atoms with van der Waals surface area (Å²) in [7, 11) is 0. The quantitative estimate of drug-likeness (QED) is 0.0320. The molecule has 0 rings (SSSR count). The molecule has 0 aromatic carbocycles. The van der Waals surface area contributed by atoms with Gasteiger partial charge in [0.05, 0.1) is 25.4 Å². The Labute approximate surface area is 462 Å². The summed E-state index contributed by atoms with van der Waals surface area (Å²) in [5, 5.41) is 23.2. The van der Waals surface area contributed by atoms with Crippen LogP contribution in [0.5, 0.6) is 0 Å². The Morgan fingerprint density at radius 1 is 0.378 bits per heavy atom. The summed E-state index contributed by atoms with van der Waals surface area (Å²) < 4.78 is 5.50. The van der Waals surface area contributed by atoms with Gasteiger partial charge in [0.2, 0.25) is 5.91 Å². The second kappa shape index (κ2) is 63.6. The second-order valence-electron chi connectivity index (χ2n) is 22.8. The van der Waals surface area contributed by atoms with Crippen molar-refractivity contribution in [2.75, 3.05) is 13.2 Å². The van der Waals surface area contributed by atoms with E-state index in [-0.39, 0.29) is 18.5 Å². The van der Waals surface area contributed by atoms with Crippen molar-refractivity contribution in [2.45, 2.75) is 373 Å². The Morgan fingerprint density at radius 3 is 1.05 bits per heavy atom. The number of hydrogen-bond donors (Lipinski definition) is 3. The van der Waals surface area contributed by atoms with Gasteiger partial charge in [0.15, 0.2) is 0 Å². The molecule has 74 heavy (non-hydrogen) atoms. The lowest BCUT2D eigenvalue weighted by molar-refractivity contribution is -0.143. The molecule has 1 amide bonds. The van der Waals surface area contributed by atoms with E-state index in [1.54, 1.807) is 6.08 Å². The maximum atomic E-state index is 12.5. The predicted octanol–water partition coefficient (Wildman–Crippen LogP) is 21.1. The van der Waals surface area contributed by atoms with Gasteiger partial charge >= 0.3 is 5.97 Å². The number of aliphatic hydroxyl groups excluding tert-OH is 2. The Morgan fingerprint density at radius 2 is 0.676 bits per heavy atom. The molecule has 0 radical (unpaired) electrons. The lowest BCUT2D eigenvalue weighted by Crippen LogP contribution is -2.45. The minimum absolute atomic E-state index is 0.00129. The van der Waals surface area contributed by atoms with Gasteiger partial charge in [-0.3, -0.25) is 9.59 Å². The van der Waals surface area contributed by atoms with Crippen molar-refractivity contribution in [1.29, 1.82) is 0 Å². The topological polar surface area (TPSA) is 95.9 Å². The summed E-state index contributed by atoms with van der Waals surface area (Å²) in [5.41, 5.74) is 0. The molecule has 0 aliphatic carbocycles. The Hall–Kier alpha value is -1.92. The van der Waals surface area contributed by atoms with Crippen LogP contribution in [0, 0.1) is 0 Å². The zero-order chi connectivity index (χ0) is 53.6. The van der Waals surface area contributed by atoms with Crippen LogP contribution < -0.4 is 5.32 Å². The van der Waals surface area contributed by atoms with E-state index >= 15 is 0 Å². The van der Waals surface area contributed by atoms with E-state index in [4.69, 9.17) is 4.74 Å². The van der Waals surface area contributed by atoms with Crippen LogP contribution in [-0.4, -0.2) is 47.4 Å². The first-order valence-corrected chi connectivity index (χ1v) is 33.3. The number of rotatable bonds is 62. The molecule has 0 bridgehead atoms. The highest BCUT2D eigenvalue weighted by molar-refractivity contribution is 5.76. The van der Waals surface area contributed by atoms with Crippen molar-refractivity contribution >= 4 is 11.9 Å². The number of esters is 1. The predicted molar refractivity (Wildman–Crippen MR) is 324 cm³/mol. The molecule has 6 heteroatoms. The number of nitrogens with one attached hydrogen (secondary N) is 1. The van der Waals surface area contributed by atoms with E-state index < -0.39 is 12.1 Å². The van der Waals surface area contributed by atoms with Gasteiger partial charge in [-0.1, -0.05) is 320 Å². The van der Waals surface area contributed by atoms with Gasteiger partial charge in [0.1, 0.15) is 0 Å². The van der Waals surface area contributed by atoms with Gasteiger partial charge in [-0.05, 0) is 64.2 Å². The van der Waals surface area contributed by atoms with Crippen LogP contribution in [0.4, 0.5) is 0 Å². The monoisotopic (exact) mass is 1040 g/mol. The third-order valence-electron chi connectivity index (χ3n) is 15.4. The summed E-state index contributed by atoms with van der Waals surface area (Å²) in [6.07, 6.45) is 80.5. The van der Waals surface area contributed by atoms with Crippen molar-refractivity contribution < 1.29 is 24.5 Å². The van der Waals surface area contributed by atoms with Crippen LogP contribution in [-0.2, 0) is 14.3 Å². The molecule has 436 valence electrons. The van der Waals surface area contributed by atoms with Crippen molar-refractivity contribution in [3.05, 3.63) is 36.5 Å². The molecule has 0 aromatic heterocycles. The average Bonchev–Trinajstić information content (AvgIpc) is 3.40. The van der Waals surface area contributed by atoms with Crippen LogP contribution in [0.3, 0.4) is 0 Å². The van der Waals surface area contributed by atoms with Crippen LogP contribution in [0.15, 0.2) is 36.5 Å². The van der Waals surface area contributed by atoms with Gasteiger partial charge in [-0.2, -0.15) is 0 Å². The van der Waals surface area contributed by atoms with Crippen LogP contribution in [0.25, 0.3) is 0 Å². The standard InChI is InChI=1S/C68H129NO5/c1-3-5-7-9-11-13-15-17-19-21-23-24-26-28-32-36-40-44-48-52-56-60-66(71)65(64-70)69-67(72)61-57-53-49-45-41-37-33-29-27-31-35-39-43-47-51-55-59-63-74-68(73)62-58-54-50-46-42-38-34-30-25-22-20-18-16-14-12-10-8-6-4-2/h12,14,18,20,56,60,65-66,70-71H,3-11,13,15-17,19,21-55,57-59,61-64H2,1-2H3,(H,69,72)/b14-12-,20-18-,60-56+. The molecular weight excluding hydrogens is 911 g/mol. The minimum atomic E-state index is -0.850. The SMILES string of the molecule is CCCCC/C=C\C/C=C\CCCCCCCCCCCC(=O)OCCCCCCCCCCCCCCCCCCCC(=O)NC(CO)C(O)/C=C/CCCCCCCCCCCCCCCCCCCCC. The van der Waals surface area contributed by atoms with Crippen LogP contribution in [0.2, 0.25) is 0 Å². The van der Waals surface area contributed by atoms with Gasteiger partial charge in [0.25, 0.3) is 0 Å². The maximum absolute atomic E-state index is 12.5. The fourth-order valence-electron chi connectivity index (χ4n) is 10.3. The lowest BCUT2D eigenvalue weighted by Gasteiger charge is -2.20. The molecule has 0 aliphatic rings. The van der Waals surface area contributed by atoms with E-state index in [9.17, 15) is 19.8 Å². The fourth-order valence-corrected chi connectivity index (χ4v) is 10.3. The molecule has 0 heterocycles. The Balaban J connectivity index is 3.43. The normalized spacial score (nSPS) is 12.8. The number of unbranched alkanes of at least 4 members (excludes halogenated alkanes) is 47. The highest BCUT2D eigenvalue weighted by Crippen LogP contribution is 2.18. The van der Waals surface area contributed by atoms with Crippen molar-refractivity contribution in [3.8, 4) is 0 Å². The molecule has 0 fully saturated rings. The van der Waals surface area contributed by atoms with Crippen LogP contribution in [0.1, 0.15) is 361 Å². The zero-order valence-electron chi connectivity index (χ0n) is 49.8. The molecule has 6 nitrogen and oxygen atoms in total. The number of ether oxygens (including phenoxy) is 1. The minimum Gasteiger partial charge on any atom is -0.466 e. The molecule has 0 saturated carbocycles. The van der Waals surface area contributed by atoms with E-state index in [0.717, 1.165) is 51.4 Å². The number of amides is 1. The summed E-state index contributed by atoms with van der Waals surface area (Å²) in [6, 6.07) is -0.634. The molecular formula is C68H129NO5. The highest BCUT2D eigenvalue weighted by Gasteiger charge is 2.18. The van der Waals surface area contributed by atoms with Gasteiger partial charge in [-0.25, -0.2) is 0 Å². The molecule has 0 aromatic rings. The van der Waals surface area contributed by atoms with Gasteiger partial charge < -0.3 is 20.3 Å². The molecule has 2 atom stereocenters. The fraction of sp³-hybridized carbons (Fsp3) is 0.882. The molecule has 0 spiro atoms. The van der Waals surface area contributed by atoms with Crippen molar-refractivity contribution in [1.82, 2.24) is 5.32 Å². The number of allylic oxidation sites excluding steroid dienone is 5. The summed E-state index contributed by atoms with van der Waals surface area (Å²) in [5.74, 6) is -0.0690. The van der Waals surface area contributed by atoms with Crippen molar-refractivity contribution in [3.63, 3.8) is 0 Å². The number of carbonyl (C=O) groups is 2. The third-order valence-corrected chi connectivity index (χ3v) is 15.4. The number of carbonyl (C=O) groups excluding carboxylic acids is 2. The largest absolute Gasteiger partial charge is 0.466 e.